The average Bonchev–Trinajstić information content (AvgIpc) is 2.82. The molecule has 2 rings (SSSR count). The Bertz CT molecular complexity index is 849. The molecule has 1 aromatic carbocycles. The van der Waals surface area contributed by atoms with Crippen LogP contribution in [0.4, 0.5) is 4.39 Å². The fourth-order valence-corrected chi connectivity index (χ4v) is 3.23. The number of hydrogen-bond donors (Lipinski definition) is 1. The molecular formula is C13H14FIN2O4S. The molecule has 2 aromatic rings. The molecule has 120 valence electrons. The SMILES string of the molecule is CC(CCn1cc2c(F)c(I)ccc2n1)(C(=O)O)S(C)(=O)=O. The number of fused-ring (bicyclic) bond motifs is 1. The summed E-state index contributed by atoms with van der Waals surface area (Å²) in [5.41, 5.74) is 0.439. The van der Waals surface area contributed by atoms with E-state index in [-0.39, 0.29) is 13.0 Å². The van der Waals surface area contributed by atoms with Crippen molar-refractivity contribution < 1.29 is 22.7 Å². The fraction of sp³-hybridized carbons (Fsp3) is 0.385. The lowest BCUT2D eigenvalue weighted by Crippen LogP contribution is -2.43. The van der Waals surface area contributed by atoms with Gasteiger partial charge in [-0.25, -0.2) is 12.8 Å². The van der Waals surface area contributed by atoms with Crippen molar-refractivity contribution in [3.8, 4) is 0 Å². The molecule has 6 nitrogen and oxygen atoms in total. The first-order valence-corrected chi connectivity index (χ1v) is 9.27. The van der Waals surface area contributed by atoms with Gasteiger partial charge in [-0.3, -0.25) is 9.48 Å². The summed E-state index contributed by atoms with van der Waals surface area (Å²) in [7, 11) is -3.79. The van der Waals surface area contributed by atoms with E-state index in [2.05, 4.69) is 5.10 Å². The molecule has 0 bridgehead atoms. The van der Waals surface area contributed by atoms with E-state index in [0.29, 0.717) is 14.5 Å². The second kappa shape index (κ2) is 5.76. The van der Waals surface area contributed by atoms with Crippen LogP contribution in [-0.2, 0) is 21.2 Å². The standard InChI is InChI=1S/C13H14FIN2O4S/c1-13(12(18)19,22(2,20)21)5-6-17-7-8-10(16-17)4-3-9(15)11(8)14/h3-4,7H,5-6H2,1-2H3,(H,18,19). The van der Waals surface area contributed by atoms with Crippen molar-refractivity contribution in [1.82, 2.24) is 9.78 Å². The summed E-state index contributed by atoms with van der Waals surface area (Å²) in [6.07, 6.45) is 2.19. The summed E-state index contributed by atoms with van der Waals surface area (Å²) in [4.78, 5) is 11.3. The minimum atomic E-state index is -3.79. The Balaban J connectivity index is 2.32. The summed E-state index contributed by atoms with van der Waals surface area (Å²) in [5, 5.41) is 13.7. The van der Waals surface area contributed by atoms with Gasteiger partial charge < -0.3 is 5.11 Å². The van der Waals surface area contributed by atoms with Crippen LogP contribution >= 0.6 is 22.6 Å². The molecule has 0 aliphatic rings. The molecular weight excluding hydrogens is 426 g/mol. The monoisotopic (exact) mass is 440 g/mol. The Kier molecular flexibility index (Phi) is 4.49. The maximum Gasteiger partial charge on any atom is 0.324 e. The molecule has 1 atom stereocenters. The van der Waals surface area contributed by atoms with Gasteiger partial charge in [-0.05, 0) is 48.1 Å². The zero-order valence-corrected chi connectivity index (χ0v) is 14.9. The topological polar surface area (TPSA) is 89.3 Å². The number of carbonyl (C=O) groups is 1. The predicted octanol–water partition coefficient (Wildman–Crippen LogP) is 2.06. The van der Waals surface area contributed by atoms with E-state index in [1.54, 1.807) is 12.1 Å². The smallest absolute Gasteiger partial charge is 0.324 e. The molecule has 1 aromatic heterocycles. The van der Waals surface area contributed by atoms with Crippen molar-refractivity contribution in [2.75, 3.05) is 6.26 Å². The van der Waals surface area contributed by atoms with Gasteiger partial charge in [0.15, 0.2) is 14.6 Å². The molecule has 0 fully saturated rings. The number of rotatable bonds is 5. The quantitative estimate of drug-likeness (QED) is 0.720. The third kappa shape index (κ3) is 2.96. The van der Waals surface area contributed by atoms with Gasteiger partial charge in [0.2, 0.25) is 0 Å². The zero-order chi connectivity index (χ0) is 16.7. The minimum Gasteiger partial charge on any atom is -0.480 e. The van der Waals surface area contributed by atoms with E-state index in [9.17, 15) is 22.7 Å². The number of nitrogens with zero attached hydrogens (tertiary/aromatic N) is 2. The van der Waals surface area contributed by atoms with Gasteiger partial charge in [0.25, 0.3) is 0 Å². The average molecular weight is 440 g/mol. The molecule has 1 N–H and O–H groups in total. The number of carboxylic acids is 1. The summed E-state index contributed by atoms with van der Waals surface area (Å²) in [6, 6.07) is 3.25. The minimum absolute atomic E-state index is 0.0561. The Labute approximate surface area is 140 Å². The van der Waals surface area contributed by atoms with E-state index in [4.69, 9.17) is 0 Å². The highest BCUT2D eigenvalue weighted by molar-refractivity contribution is 14.1. The molecule has 22 heavy (non-hydrogen) atoms. The number of halogens is 2. The van der Waals surface area contributed by atoms with E-state index in [1.165, 1.54) is 10.9 Å². The molecule has 0 aliphatic carbocycles. The van der Waals surface area contributed by atoms with Crippen LogP contribution in [0.15, 0.2) is 18.3 Å². The van der Waals surface area contributed by atoms with Crippen molar-refractivity contribution in [3.63, 3.8) is 0 Å². The van der Waals surface area contributed by atoms with E-state index >= 15 is 0 Å². The highest BCUT2D eigenvalue weighted by atomic mass is 127. The number of sulfone groups is 1. The maximum absolute atomic E-state index is 14.0. The molecule has 9 heteroatoms. The van der Waals surface area contributed by atoms with Crippen molar-refractivity contribution in [2.45, 2.75) is 24.6 Å². The van der Waals surface area contributed by atoms with Gasteiger partial charge >= 0.3 is 5.97 Å². The summed E-state index contributed by atoms with van der Waals surface area (Å²) < 4.78 is 37.3. The molecule has 0 saturated carbocycles. The van der Waals surface area contributed by atoms with Gasteiger partial charge in [-0.2, -0.15) is 5.10 Å². The number of carboxylic acid groups (broad SMARTS) is 1. The highest BCUT2D eigenvalue weighted by Crippen LogP contribution is 2.24. The fourth-order valence-electron chi connectivity index (χ4n) is 1.98. The second-order valence-corrected chi connectivity index (χ2v) is 8.85. The summed E-state index contributed by atoms with van der Waals surface area (Å²) >= 11 is 1.87. The van der Waals surface area contributed by atoms with Crippen LogP contribution in [0, 0.1) is 9.39 Å². The third-order valence-electron chi connectivity index (χ3n) is 3.71. The zero-order valence-electron chi connectivity index (χ0n) is 11.9. The van der Waals surface area contributed by atoms with Crippen LogP contribution in [0.5, 0.6) is 0 Å². The van der Waals surface area contributed by atoms with Crippen molar-refractivity contribution >= 4 is 49.3 Å². The van der Waals surface area contributed by atoms with Gasteiger partial charge in [0, 0.05) is 22.6 Å². The maximum atomic E-state index is 14.0. The second-order valence-electron chi connectivity index (χ2n) is 5.24. The van der Waals surface area contributed by atoms with E-state index < -0.39 is 26.4 Å². The molecule has 0 saturated heterocycles. The van der Waals surface area contributed by atoms with Gasteiger partial charge in [0.05, 0.1) is 10.9 Å². The number of benzene rings is 1. The lowest BCUT2D eigenvalue weighted by atomic mass is 10.1. The van der Waals surface area contributed by atoms with E-state index in [0.717, 1.165) is 13.2 Å². The van der Waals surface area contributed by atoms with Crippen molar-refractivity contribution in [3.05, 3.63) is 27.7 Å². The Morgan fingerprint density at radius 3 is 2.68 bits per heavy atom. The van der Waals surface area contributed by atoms with E-state index in [1.807, 2.05) is 22.6 Å². The number of aliphatic carboxylic acids is 1. The molecule has 1 heterocycles. The van der Waals surface area contributed by atoms with Crippen LogP contribution < -0.4 is 0 Å². The Morgan fingerprint density at radius 1 is 1.50 bits per heavy atom. The van der Waals surface area contributed by atoms with Gasteiger partial charge in [-0.1, -0.05) is 0 Å². The highest BCUT2D eigenvalue weighted by Gasteiger charge is 2.43. The molecule has 1 unspecified atom stereocenters. The van der Waals surface area contributed by atoms with Crippen molar-refractivity contribution in [1.29, 1.82) is 0 Å². The van der Waals surface area contributed by atoms with Gasteiger partial charge in [-0.15, -0.1) is 0 Å². The molecule has 0 radical (unpaired) electrons. The first-order valence-electron chi connectivity index (χ1n) is 6.30. The van der Waals surface area contributed by atoms with Crippen molar-refractivity contribution in [2.24, 2.45) is 0 Å². The number of aromatic nitrogens is 2. The predicted molar refractivity (Wildman–Crippen MR) is 87.9 cm³/mol. The van der Waals surface area contributed by atoms with Crippen LogP contribution in [-0.4, -0.2) is 40.3 Å². The molecule has 0 aliphatic heterocycles. The molecule has 0 spiro atoms. The first-order chi connectivity index (χ1) is 10.1. The largest absolute Gasteiger partial charge is 0.480 e. The third-order valence-corrected chi connectivity index (χ3v) is 6.56. The van der Waals surface area contributed by atoms with Crippen LogP contribution in [0.1, 0.15) is 13.3 Å². The normalized spacial score (nSPS) is 14.9. The van der Waals surface area contributed by atoms with Crippen LogP contribution in [0.25, 0.3) is 10.9 Å². The summed E-state index contributed by atoms with van der Waals surface area (Å²) in [6.45, 7) is 1.22. The lowest BCUT2D eigenvalue weighted by molar-refractivity contribution is -0.139. The Morgan fingerprint density at radius 2 is 2.14 bits per heavy atom. The number of hydrogen-bond acceptors (Lipinski definition) is 4. The van der Waals surface area contributed by atoms with Gasteiger partial charge in [0.1, 0.15) is 5.82 Å². The van der Waals surface area contributed by atoms with Crippen LogP contribution in [0.2, 0.25) is 0 Å². The lowest BCUT2D eigenvalue weighted by Gasteiger charge is -2.22. The Hall–Kier alpha value is -1.23. The first kappa shape index (κ1) is 17.1. The summed E-state index contributed by atoms with van der Waals surface area (Å²) in [5.74, 6) is -1.80. The number of aryl methyl sites for hydroxylation is 1. The van der Waals surface area contributed by atoms with Crippen LogP contribution in [0.3, 0.4) is 0 Å². The molecule has 0 amide bonds.